The van der Waals surface area contributed by atoms with Crippen LogP contribution < -0.4 is 5.32 Å². The van der Waals surface area contributed by atoms with Crippen molar-refractivity contribution in [3.05, 3.63) is 59.7 Å². The van der Waals surface area contributed by atoms with Crippen LogP contribution in [0.5, 0.6) is 0 Å². The zero-order valence-electron chi connectivity index (χ0n) is 12.5. The van der Waals surface area contributed by atoms with Gasteiger partial charge in [0.2, 0.25) is 0 Å². The molecule has 0 aliphatic heterocycles. The first kappa shape index (κ1) is 15.7. The number of carbonyl (C=O) groups is 1. The largest absolute Gasteiger partial charge is 0.378 e. The molecule has 0 unspecified atom stereocenters. The van der Waals surface area contributed by atoms with Crippen LogP contribution in [0, 0.1) is 11.8 Å². The average molecular weight is 295 g/mol. The van der Waals surface area contributed by atoms with Gasteiger partial charge in [-0.1, -0.05) is 5.92 Å². The van der Waals surface area contributed by atoms with Crippen LogP contribution in [0.25, 0.3) is 0 Å². The van der Waals surface area contributed by atoms with E-state index in [1.54, 1.807) is 38.4 Å². The van der Waals surface area contributed by atoms with E-state index < -0.39 is 5.60 Å². The van der Waals surface area contributed by atoms with E-state index in [-0.39, 0.29) is 5.91 Å². The number of aliphatic hydroxyl groups is 1. The van der Waals surface area contributed by atoms with Crippen molar-refractivity contribution in [1.82, 2.24) is 15.3 Å². The number of nitrogens with zero attached hydrogens (tertiary/aromatic N) is 2. The van der Waals surface area contributed by atoms with E-state index in [0.29, 0.717) is 17.8 Å². The zero-order valence-corrected chi connectivity index (χ0v) is 12.5. The molecule has 2 aromatic rings. The molecule has 1 amide bonds. The summed E-state index contributed by atoms with van der Waals surface area (Å²) in [6.07, 6.45) is 4.83. The summed E-state index contributed by atoms with van der Waals surface area (Å²) in [5.74, 6) is 5.23. The molecule has 0 aliphatic carbocycles. The lowest BCUT2D eigenvalue weighted by molar-refractivity contribution is 0.0950. The molecule has 112 valence electrons. The van der Waals surface area contributed by atoms with E-state index in [1.807, 2.05) is 12.1 Å². The molecule has 5 nitrogen and oxygen atoms in total. The van der Waals surface area contributed by atoms with Crippen molar-refractivity contribution in [1.29, 1.82) is 0 Å². The molecule has 2 rings (SSSR count). The van der Waals surface area contributed by atoms with E-state index in [2.05, 4.69) is 27.1 Å². The molecular formula is C17H17N3O2. The summed E-state index contributed by atoms with van der Waals surface area (Å²) in [6, 6.07) is 6.99. The number of rotatable bonds is 3. The molecule has 0 bridgehead atoms. The Hall–Kier alpha value is -2.71. The number of amides is 1. The quantitative estimate of drug-likeness (QED) is 0.842. The van der Waals surface area contributed by atoms with Crippen LogP contribution in [0.4, 0.5) is 0 Å². The highest BCUT2D eigenvalue weighted by Crippen LogP contribution is 2.03. The van der Waals surface area contributed by atoms with Gasteiger partial charge in [0.15, 0.2) is 0 Å². The minimum Gasteiger partial charge on any atom is -0.378 e. The Morgan fingerprint density at radius 2 is 2.00 bits per heavy atom. The highest BCUT2D eigenvalue weighted by atomic mass is 16.3. The Morgan fingerprint density at radius 3 is 2.59 bits per heavy atom. The smallest absolute Gasteiger partial charge is 0.253 e. The number of hydrogen-bond acceptors (Lipinski definition) is 4. The summed E-state index contributed by atoms with van der Waals surface area (Å²) < 4.78 is 0. The summed E-state index contributed by atoms with van der Waals surface area (Å²) in [6.45, 7) is 3.63. The average Bonchev–Trinajstić information content (AvgIpc) is 2.51. The van der Waals surface area contributed by atoms with Gasteiger partial charge in [0.05, 0.1) is 5.56 Å². The molecule has 22 heavy (non-hydrogen) atoms. The molecule has 0 atom stereocenters. The summed E-state index contributed by atoms with van der Waals surface area (Å²) in [7, 11) is 0. The Morgan fingerprint density at radius 1 is 1.27 bits per heavy atom. The third kappa shape index (κ3) is 5.00. The van der Waals surface area contributed by atoms with Gasteiger partial charge in [0.25, 0.3) is 5.91 Å². The molecule has 0 radical (unpaired) electrons. The van der Waals surface area contributed by atoms with E-state index in [9.17, 15) is 9.90 Å². The lowest BCUT2D eigenvalue weighted by atomic mass is 10.1. The third-order valence-corrected chi connectivity index (χ3v) is 2.72. The topological polar surface area (TPSA) is 75.1 Å². The summed E-state index contributed by atoms with van der Waals surface area (Å²) in [5.41, 5.74) is 0.877. The van der Waals surface area contributed by atoms with Gasteiger partial charge in [-0.3, -0.25) is 9.78 Å². The van der Waals surface area contributed by atoms with E-state index >= 15 is 0 Å². The van der Waals surface area contributed by atoms with Crippen molar-refractivity contribution in [2.24, 2.45) is 0 Å². The minimum atomic E-state index is -1.07. The van der Waals surface area contributed by atoms with E-state index in [4.69, 9.17) is 0 Å². The molecule has 2 N–H and O–H groups in total. The first-order valence-electron chi connectivity index (χ1n) is 6.83. The normalized spacial score (nSPS) is 10.5. The van der Waals surface area contributed by atoms with Crippen molar-refractivity contribution in [2.75, 3.05) is 0 Å². The molecule has 0 saturated carbocycles. The van der Waals surface area contributed by atoms with Crippen LogP contribution in [-0.4, -0.2) is 26.6 Å². The fraction of sp³-hybridized carbons (Fsp3) is 0.235. The van der Waals surface area contributed by atoms with Gasteiger partial charge in [0.1, 0.15) is 11.3 Å². The molecule has 0 spiro atoms. The van der Waals surface area contributed by atoms with Crippen molar-refractivity contribution < 1.29 is 9.90 Å². The monoisotopic (exact) mass is 295 g/mol. The maximum Gasteiger partial charge on any atom is 0.253 e. The van der Waals surface area contributed by atoms with Gasteiger partial charge in [-0.2, -0.15) is 0 Å². The van der Waals surface area contributed by atoms with Crippen molar-refractivity contribution in [2.45, 2.75) is 26.0 Å². The number of pyridine rings is 2. The predicted octanol–water partition coefficient (Wildman–Crippen LogP) is 1.53. The Kier molecular flexibility index (Phi) is 4.87. The first-order chi connectivity index (χ1) is 10.4. The standard InChI is InChI=1S/C17H17N3O2/c1-17(2,22)8-5-15-4-3-14(12-19-15)16(21)20-11-13-6-9-18-10-7-13/h3-4,6-7,9-10,12,22H,11H2,1-2H3,(H,20,21). The fourth-order valence-electron chi connectivity index (χ4n) is 1.60. The lowest BCUT2D eigenvalue weighted by Crippen LogP contribution is -2.22. The summed E-state index contributed by atoms with van der Waals surface area (Å²) >= 11 is 0. The Bertz CT molecular complexity index is 693. The van der Waals surface area contributed by atoms with Crippen molar-refractivity contribution in [3.8, 4) is 11.8 Å². The minimum absolute atomic E-state index is 0.202. The van der Waals surface area contributed by atoms with Crippen molar-refractivity contribution in [3.63, 3.8) is 0 Å². The first-order valence-corrected chi connectivity index (χ1v) is 6.83. The molecule has 0 saturated heterocycles. The molecule has 0 aromatic carbocycles. The van der Waals surface area contributed by atoms with Gasteiger partial charge in [-0.15, -0.1) is 0 Å². The second-order valence-electron chi connectivity index (χ2n) is 5.28. The van der Waals surface area contributed by atoms with Gasteiger partial charge >= 0.3 is 0 Å². The van der Waals surface area contributed by atoms with Crippen LogP contribution in [0.1, 0.15) is 35.5 Å². The van der Waals surface area contributed by atoms with E-state index in [1.165, 1.54) is 6.20 Å². The molecule has 5 heteroatoms. The molecule has 2 aromatic heterocycles. The van der Waals surface area contributed by atoms with Gasteiger partial charge < -0.3 is 10.4 Å². The van der Waals surface area contributed by atoms with Gasteiger partial charge in [0, 0.05) is 25.1 Å². The van der Waals surface area contributed by atoms with Gasteiger partial charge in [-0.25, -0.2) is 4.98 Å². The lowest BCUT2D eigenvalue weighted by Gasteiger charge is -2.06. The molecular weight excluding hydrogens is 278 g/mol. The van der Waals surface area contributed by atoms with Crippen LogP contribution in [0.2, 0.25) is 0 Å². The highest BCUT2D eigenvalue weighted by Gasteiger charge is 2.07. The Balaban J connectivity index is 1.97. The van der Waals surface area contributed by atoms with Crippen molar-refractivity contribution >= 4 is 5.91 Å². The maximum atomic E-state index is 12.0. The zero-order chi connectivity index (χ0) is 16.0. The maximum absolute atomic E-state index is 12.0. The highest BCUT2D eigenvalue weighted by molar-refractivity contribution is 5.93. The second-order valence-corrected chi connectivity index (χ2v) is 5.28. The Labute approximate surface area is 129 Å². The van der Waals surface area contributed by atoms with Crippen LogP contribution >= 0.6 is 0 Å². The van der Waals surface area contributed by atoms with E-state index in [0.717, 1.165) is 5.56 Å². The van der Waals surface area contributed by atoms with Crippen LogP contribution in [0.3, 0.4) is 0 Å². The number of hydrogen-bond donors (Lipinski definition) is 2. The number of nitrogens with one attached hydrogen (secondary N) is 1. The summed E-state index contributed by atoms with van der Waals surface area (Å²) in [5, 5.41) is 12.3. The van der Waals surface area contributed by atoms with Crippen LogP contribution in [0.15, 0.2) is 42.9 Å². The van der Waals surface area contributed by atoms with Crippen LogP contribution in [-0.2, 0) is 6.54 Å². The summed E-state index contributed by atoms with van der Waals surface area (Å²) in [4.78, 5) is 20.0. The second kappa shape index (κ2) is 6.83. The number of aromatic nitrogens is 2. The van der Waals surface area contributed by atoms with Gasteiger partial charge in [-0.05, 0) is 49.6 Å². The SMILES string of the molecule is CC(C)(O)C#Cc1ccc(C(=O)NCc2ccncc2)cn1. The molecule has 0 aliphatic rings. The molecule has 0 fully saturated rings. The molecule has 2 heterocycles. The third-order valence-electron chi connectivity index (χ3n) is 2.72. The number of carbonyl (C=O) groups excluding carboxylic acids is 1. The fourth-order valence-corrected chi connectivity index (χ4v) is 1.60. The predicted molar refractivity (Wildman–Crippen MR) is 82.8 cm³/mol.